The van der Waals surface area contributed by atoms with E-state index < -0.39 is 0 Å². The van der Waals surface area contributed by atoms with Crippen molar-refractivity contribution in [3.63, 3.8) is 0 Å². The molecule has 0 atom stereocenters. The molecule has 0 bridgehead atoms. The zero-order chi connectivity index (χ0) is 5.54. The van der Waals surface area contributed by atoms with Gasteiger partial charge >= 0.3 is 0 Å². The van der Waals surface area contributed by atoms with Gasteiger partial charge in [-0.3, -0.25) is 0 Å². The summed E-state index contributed by atoms with van der Waals surface area (Å²) in [6, 6.07) is 0. The van der Waals surface area contributed by atoms with Crippen LogP contribution in [0.15, 0.2) is 0 Å². The van der Waals surface area contributed by atoms with Crippen LogP contribution in [-0.4, -0.2) is 60.5 Å². The Kier molecular flexibility index (Phi) is 15.2. The molecule has 8 heavy (non-hydrogen) atoms. The third-order valence-electron chi connectivity index (χ3n) is 0.471. The average Bonchev–Trinajstić information content (AvgIpc) is 1.69. The smallest absolute Gasteiger partial charge is 0.0698 e. The Balaban J connectivity index is 0. The topological polar surface area (TPSA) is 49.7 Å². The fourth-order valence-corrected chi connectivity index (χ4v) is 0.231. The zero-order valence-corrected chi connectivity index (χ0v) is 7.49. The fourth-order valence-electron chi connectivity index (χ4n) is 0.231. The Morgan fingerprint density at radius 3 is 1.62 bits per heavy atom. The van der Waals surface area contributed by atoms with Crippen molar-refractivity contribution >= 4 is 23.9 Å². The summed E-state index contributed by atoms with van der Waals surface area (Å²) >= 11 is 0. The van der Waals surface area contributed by atoms with Crippen molar-refractivity contribution < 1.29 is 14.9 Å². The molecule has 0 heterocycles. The van der Waals surface area contributed by atoms with E-state index in [1.807, 2.05) is 0 Å². The maximum absolute atomic E-state index is 8.09. The number of hydrogen-bond donors (Lipinski definition) is 2. The van der Waals surface area contributed by atoms with Gasteiger partial charge in [0.25, 0.3) is 0 Å². The maximum Gasteiger partial charge on any atom is 0.0698 e. The van der Waals surface area contributed by atoms with E-state index in [-0.39, 0.29) is 37.1 Å². The molecule has 0 saturated heterocycles. The molecule has 0 unspecified atom stereocenters. The molecule has 0 aromatic carbocycles. The Bertz CT molecular complexity index is 30.5. The van der Waals surface area contributed by atoms with Gasteiger partial charge in [0.05, 0.1) is 26.4 Å². The first-order valence-electron chi connectivity index (χ1n) is 2.21. The molecule has 0 aliphatic heterocycles. The third-order valence-corrected chi connectivity index (χ3v) is 0.471. The van der Waals surface area contributed by atoms with Crippen molar-refractivity contribution in [3.8, 4) is 0 Å². The number of aliphatic hydroxyl groups is 2. The van der Waals surface area contributed by atoms with Crippen LogP contribution in [0.25, 0.3) is 0 Å². The molecule has 0 amide bonds. The molecule has 0 aliphatic carbocycles. The van der Waals surface area contributed by atoms with Crippen LogP contribution in [0.4, 0.5) is 0 Å². The van der Waals surface area contributed by atoms with Crippen LogP contribution in [0.3, 0.4) is 0 Å². The van der Waals surface area contributed by atoms with Crippen molar-refractivity contribution in [2.75, 3.05) is 26.4 Å². The molecule has 0 saturated carbocycles. The fraction of sp³-hybridized carbons (Fsp3) is 1.00. The Hall–Kier alpha value is 0.679. The van der Waals surface area contributed by atoms with Gasteiger partial charge in [-0.25, -0.2) is 0 Å². The first-order valence-corrected chi connectivity index (χ1v) is 2.21. The molecule has 0 spiro atoms. The predicted molar refractivity (Wildman–Crippen MR) is 30.7 cm³/mol. The van der Waals surface area contributed by atoms with Gasteiger partial charge in [-0.05, 0) is 0 Å². The van der Waals surface area contributed by atoms with Crippen LogP contribution >= 0.6 is 0 Å². The number of hydrogen-bond acceptors (Lipinski definition) is 3. The Labute approximate surface area is 65.6 Å². The molecule has 4 radical (unpaired) electrons. The largest absolute Gasteiger partial charge is 0.394 e. The van der Waals surface area contributed by atoms with Gasteiger partial charge in [0.1, 0.15) is 0 Å². The number of ether oxygens (including phenoxy) is 1. The molecule has 0 fully saturated rings. The standard InChI is InChI=1S/C4H10O3.Sn/c5-1-3-7-4-2-6;/h5-6H,1-4H2;. The Morgan fingerprint density at radius 2 is 1.38 bits per heavy atom. The van der Waals surface area contributed by atoms with Crippen LogP contribution in [0, 0.1) is 0 Å². The van der Waals surface area contributed by atoms with Gasteiger partial charge in [0.2, 0.25) is 0 Å². The second-order valence-corrected chi connectivity index (χ2v) is 1.06. The predicted octanol–water partition coefficient (Wildman–Crippen LogP) is -1.39. The van der Waals surface area contributed by atoms with Crippen molar-refractivity contribution in [2.24, 2.45) is 0 Å². The molecule has 4 heteroatoms. The second-order valence-electron chi connectivity index (χ2n) is 1.06. The van der Waals surface area contributed by atoms with Crippen LogP contribution in [0.1, 0.15) is 0 Å². The van der Waals surface area contributed by atoms with Crippen molar-refractivity contribution in [2.45, 2.75) is 0 Å². The number of rotatable bonds is 4. The summed E-state index contributed by atoms with van der Waals surface area (Å²) in [7, 11) is 0. The summed E-state index contributed by atoms with van der Waals surface area (Å²) in [6.45, 7) is 0.696. The summed E-state index contributed by atoms with van der Waals surface area (Å²) in [5, 5.41) is 16.2. The minimum atomic E-state index is 0. The van der Waals surface area contributed by atoms with E-state index in [0.717, 1.165) is 0 Å². The monoisotopic (exact) mass is 226 g/mol. The van der Waals surface area contributed by atoms with Gasteiger partial charge in [0.15, 0.2) is 0 Å². The average molecular weight is 225 g/mol. The van der Waals surface area contributed by atoms with E-state index in [0.29, 0.717) is 13.2 Å². The zero-order valence-electron chi connectivity index (χ0n) is 4.63. The van der Waals surface area contributed by atoms with Gasteiger partial charge in [0, 0.05) is 23.9 Å². The van der Waals surface area contributed by atoms with Gasteiger partial charge in [-0.1, -0.05) is 0 Å². The van der Waals surface area contributed by atoms with Crippen LogP contribution in [0.5, 0.6) is 0 Å². The molecule has 0 aromatic rings. The SMILES string of the molecule is OCCOCCO.[Sn]. The van der Waals surface area contributed by atoms with Crippen LogP contribution < -0.4 is 0 Å². The summed E-state index contributed by atoms with van der Waals surface area (Å²) < 4.78 is 4.63. The summed E-state index contributed by atoms with van der Waals surface area (Å²) in [6.07, 6.45) is 0. The van der Waals surface area contributed by atoms with Crippen LogP contribution in [-0.2, 0) is 4.74 Å². The normalized spacial score (nSPS) is 8.25. The van der Waals surface area contributed by atoms with Crippen molar-refractivity contribution in [1.82, 2.24) is 0 Å². The summed E-state index contributed by atoms with van der Waals surface area (Å²) in [5.41, 5.74) is 0. The third kappa shape index (κ3) is 9.84. The van der Waals surface area contributed by atoms with E-state index in [9.17, 15) is 0 Å². The van der Waals surface area contributed by atoms with E-state index >= 15 is 0 Å². The quantitative estimate of drug-likeness (QED) is 0.457. The van der Waals surface area contributed by atoms with Gasteiger partial charge in [-0.15, -0.1) is 0 Å². The molecule has 48 valence electrons. The van der Waals surface area contributed by atoms with E-state index in [2.05, 4.69) is 4.74 Å². The molecule has 2 N–H and O–H groups in total. The van der Waals surface area contributed by atoms with Crippen molar-refractivity contribution in [3.05, 3.63) is 0 Å². The molecule has 0 rings (SSSR count). The molecule has 0 aliphatic rings. The maximum atomic E-state index is 8.09. The van der Waals surface area contributed by atoms with Gasteiger partial charge in [-0.2, -0.15) is 0 Å². The van der Waals surface area contributed by atoms with Gasteiger partial charge < -0.3 is 14.9 Å². The minimum Gasteiger partial charge on any atom is -0.394 e. The summed E-state index contributed by atoms with van der Waals surface area (Å²) in [5.74, 6) is 0. The van der Waals surface area contributed by atoms with Crippen molar-refractivity contribution in [1.29, 1.82) is 0 Å². The molecule has 3 nitrogen and oxygen atoms in total. The molecular weight excluding hydrogens is 215 g/mol. The van der Waals surface area contributed by atoms with E-state index in [1.165, 1.54) is 0 Å². The minimum absolute atomic E-state index is 0. The number of aliphatic hydroxyl groups excluding tert-OH is 2. The second kappa shape index (κ2) is 10.6. The Morgan fingerprint density at radius 1 is 1.00 bits per heavy atom. The van der Waals surface area contributed by atoms with E-state index in [1.54, 1.807) is 0 Å². The first kappa shape index (κ1) is 11.5. The molecule has 0 aromatic heterocycles. The first-order chi connectivity index (χ1) is 3.41. The molecular formula is C4H10O3Sn. The van der Waals surface area contributed by atoms with Crippen LogP contribution in [0.2, 0.25) is 0 Å². The summed E-state index contributed by atoms with van der Waals surface area (Å²) in [4.78, 5) is 0. The van der Waals surface area contributed by atoms with E-state index in [4.69, 9.17) is 10.2 Å².